The Morgan fingerprint density at radius 1 is 0.377 bits per heavy atom. The molecule has 16 rings (SSSR count). The quantitative estimate of drug-likeness (QED) is 0.0373. The van der Waals surface area contributed by atoms with Crippen LogP contribution in [0.1, 0.15) is 161 Å². The number of allylic oxidation sites excluding steroid dienone is 2. The maximum atomic E-state index is 14.0. The number of alkyl halides is 2. The van der Waals surface area contributed by atoms with E-state index in [4.69, 9.17) is 28.4 Å². The predicted molar refractivity (Wildman–Crippen MR) is 462 cm³/mol. The third-order valence-corrected chi connectivity index (χ3v) is 25.5. The van der Waals surface area contributed by atoms with E-state index in [9.17, 15) is 29.4 Å². The average molecular weight is 1770 g/mol. The number of hydrogen-bond acceptors (Lipinski definition) is 12. The molecular formula is C96H110I2N4O12. The minimum Gasteiger partial charge on any atom is -0.490 e. The fourth-order valence-electron chi connectivity index (χ4n) is 18.7. The highest BCUT2D eigenvalue weighted by molar-refractivity contribution is 14.1. The molecule has 0 saturated carbocycles. The number of nitrogens with zero attached hydrogens (tertiary/aromatic N) is 4. The lowest BCUT2D eigenvalue weighted by molar-refractivity contribution is -0.154. The fourth-order valence-corrected chi connectivity index (χ4v) is 19.4. The molecule has 0 bridgehead atoms. The number of aliphatic hydroxyl groups excluding tert-OH is 2. The zero-order chi connectivity index (χ0) is 80.6. The first-order valence-corrected chi connectivity index (χ1v) is 43.4. The Morgan fingerprint density at radius 2 is 0.632 bits per heavy atom. The first-order valence-electron chi connectivity index (χ1n) is 40.3. The number of para-hydroxylation sites is 2. The lowest BCUT2D eigenvalue weighted by atomic mass is 9.90. The first kappa shape index (κ1) is 83.9. The predicted octanol–water partition coefficient (Wildman–Crippen LogP) is 17.6. The molecular weight excluding hydrogens is 1650 g/mol. The monoisotopic (exact) mass is 1760 g/mol. The maximum absolute atomic E-state index is 14.0. The van der Waals surface area contributed by atoms with Crippen molar-refractivity contribution >= 4 is 68.8 Å². The zero-order valence-electron chi connectivity index (χ0n) is 66.9. The van der Waals surface area contributed by atoms with Crippen molar-refractivity contribution in [2.75, 3.05) is 22.1 Å². The fraction of sp³-hybridized carbons (Fsp3) is 0.417. The Kier molecular flexibility index (Phi) is 26.9. The van der Waals surface area contributed by atoms with Crippen LogP contribution in [0.15, 0.2) is 244 Å². The molecule has 2 N–H and O–H groups in total. The van der Waals surface area contributed by atoms with Crippen LogP contribution in [-0.4, -0.2) is 135 Å². The number of carbonyl (C=O) groups excluding carboxylic acids is 4. The topological polar surface area (TPSA) is 177 Å². The van der Waals surface area contributed by atoms with Gasteiger partial charge in [0.2, 0.25) is 23.6 Å². The van der Waals surface area contributed by atoms with Crippen LogP contribution in [0, 0.1) is 23.7 Å². The van der Waals surface area contributed by atoms with Crippen LogP contribution in [-0.2, 0) is 76.7 Å². The van der Waals surface area contributed by atoms with Crippen molar-refractivity contribution in [2.24, 2.45) is 23.7 Å². The van der Waals surface area contributed by atoms with Crippen molar-refractivity contribution in [3.05, 3.63) is 299 Å². The summed E-state index contributed by atoms with van der Waals surface area (Å²) in [7, 11) is 0. The summed E-state index contributed by atoms with van der Waals surface area (Å²) in [5, 5.41) is 20.8. The Labute approximate surface area is 700 Å². The summed E-state index contributed by atoms with van der Waals surface area (Å²) >= 11 is 4.35. The van der Waals surface area contributed by atoms with Crippen LogP contribution >= 0.6 is 45.2 Å². The van der Waals surface area contributed by atoms with E-state index in [1.165, 1.54) is 27.8 Å². The molecule has 4 fully saturated rings. The Bertz CT molecular complexity index is 4620. The smallest absolute Gasteiger partial charge is 0.229 e. The van der Waals surface area contributed by atoms with Crippen molar-refractivity contribution in [1.29, 1.82) is 0 Å². The molecule has 6 aliphatic heterocycles. The van der Waals surface area contributed by atoms with E-state index >= 15 is 0 Å². The zero-order valence-corrected chi connectivity index (χ0v) is 71.2. The number of fused-ring (bicyclic) bond motifs is 12. The van der Waals surface area contributed by atoms with Gasteiger partial charge >= 0.3 is 0 Å². The second-order valence-electron chi connectivity index (χ2n) is 33.2. The maximum Gasteiger partial charge on any atom is 0.229 e. The lowest BCUT2D eigenvalue weighted by Crippen LogP contribution is -2.49. The van der Waals surface area contributed by atoms with Crippen molar-refractivity contribution in [3.63, 3.8) is 0 Å². The molecule has 8 aliphatic rings. The molecule has 8 aromatic rings. The molecule has 6 heterocycles. The van der Waals surface area contributed by atoms with Gasteiger partial charge in [0.05, 0.1) is 48.6 Å². The molecule has 8 aromatic carbocycles. The number of carbonyl (C=O) groups is 4. The van der Waals surface area contributed by atoms with Gasteiger partial charge in [-0.3, -0.25) is 19.2 Å². The summed E-state index contributed by atoms with van der Waals surface area (Å²) in [4.78, 5) is 63.2. The number of rotatable bonds is 22. The highest BCUT2D eigenvalue weighted by atomic mass is 127. The molecule has 14 atom stereocenters. The second kappa shape index (κ2) is 36.6. The second-order valence-corrected chi connectivity index (χ2v) is 35.0. The minimum atomic E-state index is -0.753. The first-order chi connectivity index (χ1) is 54.8. The Morgan fingerprint density at radius 3 is 0.939 bits per heavy atom. The van der Waals surface area contributed by atoms with Gasteiger partial charge in [0.25, 0.3) is 0 Å². The van der Waals surface area contributed by atoms with Crippen LogP contribution in [0.3, 0.4) is 0 Å². The third kappa shape index (κ3) is 18.5. The van der Waals surface area contributed by atoms with Crippen LogP contribution in [0.2, 0.25) is 0 Å². The van der Waals surface area contributed by atoms with E-state index in [1.54, 1.807) is 0 Å². The Hall–Kier alpha value is -8.06. The van der Waals surface area contributed by atoms with E-state index < -0.39 is 35.1 Å². The highest BCUT2D eigenvalue weighted by Crippen LogP contribution is 2.53. The van der Waals surface area contributed by atoms with Gasteiger partial charge in [-0.2, -0.15) is 0 Å². The molecule has 16 nitrogen and oxygen atoms in total. The van der Waals surface area contributed by atoms with Crippen molar-refractivity contribution < 1.29 is 57.8 Å². The SMILES string of the molecule is C=CC[C@@H](Cc1ccccc1)C(=O)N1[C@H]2c3ccccc3C[C@H]2OC1(C)C.C=CC[C@@H](Cc1ccccc1)C(=O)N1[C@H]2c3ccccc3OC[C@H]2OC1(C)C.CC1(C)O[C@@H]2COc3ccccc3[C@@H]2N1C(=O)[C@H](Cc1ccccc1)C[C@H](O)CI.CC1(C)O[C@@H]2Cc3ccccc3[C@@H]2N1C(=O)[C@H](Cc1ccccc1)C[C@H](O)CI. The van der Waals surface area contributed by atoms with Gasteiger partial charge in [-0.25, -0.2) is 0 Å². The molecule has 0 aromatic heterocycles. The summed E-state index contributed by atoms with van der Waals surface area (Å²) in [6.45, 7) is 24.5. The summed E-state index contributed by atoms with van der Waals surface area (Å²) in [5.74, 6) is 1.12. The largest absolute Gasteiger partial charge is 0.490 e. The number of aliphatic hydroxyl groups is 2. The highest BCUT2D eigenvalue weighted by Gasteiger charge is 2.58. The van der Waals surface area contributed by atoms with Gasteiger partial charge < -0.3 is 58.2 Å². The summed E-state index contributed by atoms with van der Waals surface area (Å²) in [6.07, 6.45) is 8.89. The lowest BCUT2D eigenvalue weighted by Gasteiger charge is -2.38. The standard InChI is InChI=1S/C24H28INO4.C24H28INO3.C24H27NO3.C24H27NO2/c1-24(2)26(22-19-10-6-7-11-20(19)29-15-21(22)30-24)23(28)17(13-18(27)14-25)12-16-8-4-3-5-9-16;1-24(2)26(22-20-11-7-6-10-17(20)14-21(22)29-24)23(28)18(13-19(27)15-25)12-16-8-4-3-5-9-16;1-4-10-18(15-17-11-6-5-7-12-17)23(26)25-22-19-13-8-9-14-20(19)27-16-21(22)28-24(25,2)3;1-4-10-19(15-17-11-6-5-7-12-17)23(26)25-22-20-14-9-8-13-18(20)16-21(22)27-24(25,2)3/h3-11,17-18,21-22,27H,12-15H2,1-2H3;3-11,18-19,21-22,27H,12-15H2,1-2H3;4-9,11-14,18,21-22H,1,10,15-16H2,2-3H3;4-9,11-14,19,21-22H,1,10,15-16H2,2-3H3/t17-,18+,21-,22+;18-,19+,21-,22+;18-,21+,22-;19-,21+,22-/m1100/s1. The average Bonchev–Trinajstić information content (AvgIpc) is 1.59. The van der Waals surface area contributed by atoms with Crippen LogP contribution in [0.25, 0.3) is 0 Å². The third-order valence-electron chi connectivity index (χ3n) is 23.5. The summed E-state index contributed by atoms with van der Waals surface area (Å²) in [5.41, 5.74) is 8.85. The van der Waals surface area contributed by atoms with Crippen molar-refractivity contribution in [2.45, 2.75) is 203 Å². The van der Waals surface area contributed by atoms with Gasteiger partial charge in [0.1, 0.15) is 59.8 Å². The number of hydrogen-bond donors (Lipinski definition) is 2. The van der Waals surface area contributed by atoms with E-state index in [1.807, 2.05) is 233 Å². The number of benzene rings is 8. The van der Waals surface area contributed by atoms with Gasteiger partial charge in [0.15, 0.2) is 0 Å². The number of halogens is 2. The molecule has 0 radical (unpaired) electrons. The molecule has 4 amide bonds. The molecule has 18 heteroatoms. The van der Waals surface area contributed by atoms with Crippen LogP contribution < -0.4 is 9.47 Å². The van der Waals surface area contributed by atoms with Gasteiger partial charge in [-0.05, 0) is 163 Å². The van der Waals surface area contributed by atoms with E-state index in [-0.39, 0.29) is 95.9 Å². The van der Waals surface area contributed by atoms with Gasteiger partial charge in [-0.15, -0.1) is 13.2 Å². The number of amides is 4. The summed E-state index contributed by atoms with van der Waals surface area (Å²) in [6, 6.07) is 72.7. The minimum absolute atomic E-state index is 0.00164. The van der Waals surface area contributed by atoms with E-state index in [0.717, 1.165) is 58.6 Å². The van der Waals surface area contributed by atoms with Crippen molar-refractivity contribution in [3.8, 4) is 11.5 Å². The number of ether oxygens (including phenoxy) is 6. The molecule has 4 saturated heterocycles. The normalized spacial score (nSPS) is 23.7. The van der Waals surface area contributed by atoms with Gasteiger partial charge in [0, 0.05) is 56.5 Å². The molecule has 0 spiro atoms. The van der Waals surface area contributed by atoms with Crippen LogP contribution in [0.4, 0.5) is 0 Å². The van der Waals surface area contributed by atoms with Crippen LogP contribution in [0.5, 0.6) is 11.5 Å². The molecule has 114 heavy (non-hydrogen) atoms. The molecule has 2 aliphatic carbocycles. The van der Waals surface area contributed by atoms with Crippen molar-refractivity contribution in [1.82, 2.24) is 19.6 Å². The molecule has 600 valence electrons. The van der Waals surface area contributed by atoms with E-state index in [0.29, 0.717) is 67.0 Å². The van der Waals surface area contributed by atoms with Gasteiger partial charge in [-0.1, -0.05) is 264 Å². The molecule has 0 unspecified atom stereocenters. The Balaban J connectivity index is 0.000000133. The summed E-state index contributed by atoms with van der Waals surface area (Å²) < 4.78 is 38.3. The van der Waals surface area contributed by atoms with E-state index in [2.05, 4.69) is 131 Å².